The van der Waals surface area contributed by atoms with Gasteiger partial charge >= 0.3 is 0 Å². The molecule has 0 unspecified atom stereocenters. The lowest BCUT2D eigenvalue weighted by molar-refractivity contribution is 0.647. The minimum Gasteiger partial charge on any atom is -0.330 e. The molecule has 9 heteroatoms. The second kappa shape index (κ2) is 6.26. The third-order valence-electron chi connectivity index (χ3n) is 4.43. The fourth-order valence-electron chi connectivity index (χ4n) is 3.21. The SMILES string of the molecule is Cc1ncn2c1Cn1nc(Cn3ccnc3)nc1-c1cc(Cl)ccc1-2.Cl. The van der Waals surface area contributed by atoms with Gasteiger partial charge in [-0.05, 0) is 25.1 Å². The smallest absolute Gasteiger partial charge is 0.171 e. The molecule has 0 spiro atoms. The molecule has 0 saturated carbocycles. The van der Waals surface area contributed by atoms with Crippen molar-refractivity contribution in [2.75, 3.05) is 0 Å². The molecule has 0 radical (unpaired) electrons. The van der Waals surface area contributed by atoms with E-state index in [2.05, 4.69) is 14.5 Å². The van der Waals surface area contributed by atoms with E-state index < -0.39 is 0 Å². The van der Waals surface area contributed by atoms with Crippen LogP contribution >= 0.6 is 24.0 Å². The van der Waals surface area contributed by atoms with E-state index in [9.17, 15) is 0 Å². The fourth-order valence-corrected chi connectivity index (χ4v) is 3.38. The molecule has 3 aromatic heterocycles. The van der Waals surface area contributed by atoms with Crippen molar-refractivity contribution >= 4 is 24.0 Å². The van der Waals surface area contributed by atoms with Crippen LogP contribution in [0.25, 0.3) is 17.1 Å². The second-order valence-corrected chi connectivity index (χ2v) is 6.49. The quantitative estimate of drug-likeness (QED) is 0.466. The van der Waals surface area contributed by atoms with Gasteiger partial charge in [0.2, 0.25) is 0 Å². The van der Waals surface area contributed by atoms with Crippen molar-refractivity contribution in [3.8, 4) is 17.1 Å². The molecule has 1 aliphatic heterocycles. The van der Waals surface area contributed by atoms with E-state index in [1.165, 1.54) is 0 Å². The molecule has 0 atom stereocenters. The van der Waals surface area contributed by atoms with Gasteiger partial charge < -0.3 is 9.13 Å². The molecule has 7 nitrogen and oxygen atoms in total. The molecule has 1 aromatic carbocycles. The lowest BCUT2D eigenvalue weighted by Gasteiger charge is -2.08. The van der Waals surface area contributed by atoms with Crippen molar-refractivity contribution in [1.29, 1.82) is 0 Å². The highest BCUT2D eigenvalue weighted by Gasteiger charge is 2.24. The number of benzene rings is 1. The number of aryl methyl sites for hydroxylation is 1. The Hall–Kier alpha value is -2.64. The zero-order valence-electron chi connectivity index (χ0n) is 13.9. The zero-order valence-corrected chi connectivity index (χ0v) is 15.4. The third-order valence-corrected chi connectivity index (χ3v) is 4.67. The predicted octanol–water partition coefficient (Wildman–Crippen LogP) is 3.12. The van der Waals surface area contributed by atoms with E-state index in [1.807, 2.05) is 46.9 Å². The minimum absolute atomic E-state index is 0. The van der Waals surface area contributed by atoms with Crippen molar-refractivity contribution < 1.29 is 0 Å². The molecular formula is C17H15Cl2N7. The monoisotopic (exact) mass is 387 g/mol. The summed E-state index contributed by atoms with van der Waals surface area (Å²) in [4.78, 5) is 13.3. The third kappa shape index (κ3) is 2.60. The number of rotatable bonds is 2. The number of hydrogen-bond acceptors (Lipinski definition) is 4. The Morgan fingerprint density at radius 1 is 1.23 bits per heavy atom. The number of fused-ring (bicyclic) bond motifs is 5. The number of aromatic nitrogens is 7. The largest absolute Gasteiger partial charge is 0.330 e. The van der Waals surface area contributed by atoms with Crippen LogP contribution in [0.1, 0.15) is 17.2 Å². The van der Waals surface area contributed by atoms with E-state index in [0.717, 1.165) is 34.3 Å². The summed E-state index contributed by atoms with van der Waals surface area (Å²) in [7, 11) is 0. The van der Waals surface area contributed by atoms with Gasteiger partial charge in [-0.3, -0.25) is 0 Å². The maximum atomic E-state index is 6.26. The van der Waals surface area contributed by atoms with Crippen molar-refractivity contribution in [3.63, 3.8) is 0 Å². The lowest BCUT2D eigenvalue weighted by Crippen LogP contribution is -2.07. The summed E-state index contributed by atoms with van der Waals surface area (Å²) in [5, 5.41) is 5.38. The maximum absolute atomic E-state index is 6.26. The van der Waals surface area contributed by atoms with Crippen LogP contribution in [0.15, 0.2) is 43.2 Å². The molecule has 5 rings (SSSR count). The van der Waals surface area contributed by atoms with Crippen molar-refractivity contribution in [2.24, 2.45) is 0 Å². The summed E-state index contributed by atoms with van der Waals surface area (Å²) in [5.74, 6) is 1.56. The minimum atomic E-state index is 0. The summed E-state index contributed by atoms with van der Waals surface area (Å²) < 4.78 is 5.96. The summed E-state index contributed by atoms with van der Waals surface area (Å²) in [5.41, 5.74) is 4.05. The maximum Gasteiger partial charge on any atom is 0.171 e. The average Bonchev–Trinajstić information content (AvgIpc) is 3.30. The Balaban J connectivity index is 0.00000168. The first-order valence-corrected chi connectivity index (χ1v) is 8.29. The van der Waals surface area contributed by atoms with Crippen LogP contribution in [-0.4, -0.2) is 33.9 Å². The normalized spacial score (nSPS) is 11.9. The van der Waals surface area contributed by atoms with E-state index in [4.69, 9.17) is 21.7 Å². The van der Waals surface area contributed by atoms with Crippen LogP contribution in [0.4, 0.5) is 0 Å². The molecule has 0 bridgehead atoms. The molecule has 4 heterocycles. The Kier molecular flexibility index (Phi) is 4.05. The van der Waals surface area contributed by atoms with Gasteiger partial charge in [-0.15, -0.1) is 12.4 Å². The topological polar surface area (TPSA) is 66.3 Å². The summed E-state index contributed by atoms with van der Waals surface area (Å²) >= 11 is 6.26. The molecule has 0 N–H and O–H groups in total. The van der Waals surface area contributed by atoms with E-state index in [0.29, 0.717) is 18.1 Å². The van der Waals surface area contributed by atoms with Crippen LogP contribution < -0.4 is 0 Å². The average molecular weight is 388 g/mol. The van der Waals surface area contributed by atoms with E-state index in [-0.39, 0.29) is 12.4 Å². The van der Waals surface area contributed by atoms with Crippen LogP contribution in [0, 0.1) is 6.92 Å². The summed E-state index contributed by atoms with van der Waals surface area (Å²) in [6.45, 7) is 3.20. The van der Waals surface area contributed by atoms with Crippen LogP contribution in [0.2, 0.25) is 5.02 Å². The molecule has 132 valence electrons. The summed E-state index contributed by atoms with van der Waals surface area (Å²) in [6, 6.07) is 5.82. The standard InChI is InChI=1S/C17H14ClN7.ClH/c1-11-15-7-25-17(21-16(22-25)8-23-5-4-19-9-23)13-6-12(18)2-3-14(13)24(15)10-20-11;/h2-6,9-10H,7-8H2,1H3;1H. The van der Waals surface area contributed by atoms with Crippen LogP contribution in [0.3, 0.4) is 0 Å². The second-order valence-electron chi connectivity index (χ2n) is 6.05. The Bertz CT molecular complexity index is 1080. The molecule has 0 fully saturated rings. The van der Waals surface area contributed by atoms with Gasteiger partial charge in [-0.2, -0.15) is 5.10 Å². The molecule has 0 aliphatic carbocycles. The molecule has 1 aliphatic rings. The first-order valence-electron chi connectivity index (χ1n) is 7.91. The van der Waals surface area contributed by atoms with Crippen molar-refractivity contribution in [1.82, 2.24) is 33.9 Å². The first kappa shape index (κ1) is 16.8. The lowest BCUT2D eigenvalue weighted by atomic mass is 10.1. The molecule has 0 amide bonds. The highest BCUT2D eigenvalue weighted by molar-refractivity contribution is 6.31. The van der Waals surface area contributed by atoms with Crippen LogP contribution in [-0.2, 0) is 13.1 Å². The van der Waals surface area contributed by atoms with E-state index in [1.54, 1.807) is 12.5 Å². The van der Waals surface area contributed by atoms with E-state index >= 15 is 0 Å². The highest BCUT2D eigenvalue weighted by atomic mass is 35.5. The first-order chi connectivity index (χ1) is 12.2. The molecule has 4 aromatic rings. The van der Waals surface area contributed by atoms with Gasteiger partial charge in [0.1, 0.15) is 0 Å². The molecular weight excluding hydrogens is 373 g/mol. The van der Waals surface area contributed by atoms with Gasteiger partial charge in [-0.1, -0.05) is 11.6 Å². The number of nitrogens with zero attached hydrogens (tertiary/aromatic N) is 7. The zero-order chi connectivity index (χ0) is 17.0. The Morgan fingerprint density at radius 2 is 2.12 bits per heavy atom. The molecule has 0 saturated heterocycles. The van der Waals surface area contributed by atoms with Crippen molar-refractivity contribution in [3.05, 3.63) is 65.5 Å². The Morgan fingerprint density at radius 3 is 2.92 bits per heavy atom. The number of halogens is 2. The van der Waals surface area contributed by atoms with Gasteiger partial charge in [0.15, 0.2) is 11.6 Å². The predicted molar refractivity (Wildman–Crippen MR) is 100 cm³/mol. The fraction of sp³-hybridized carbons (Fsp3) is 0.176. The summed E-state index contributed by atoms with van der Waals surface area (Å²) in [6.07, 6.45) is 7.25. The van der Waals surface area contributed by atoms with Gasteiger partial charge in [0, 0.05) is 23.0 Å². The molecule has 26 heavy (non-hydrogen) atoms. The van der Waals surface area contributed by atoms with Gasteiger partial charge in [-0.25, -0.2) is 19.6 Å². The Labute approximate surface area is 160 Å². The van der Waals surface area contributed by atoms with Crippen LogP contribution in [0.5, 0.6) is 0 Å². The van der Waals surface area contributed by atoms with Gasteiger partial charge in [0.25, 0.3) is 0 Å². The number of hydrogen-bond donors (Lipinski definition) is 0. The highest BCUT2D eigenvalue weighted by Crippen LogP contribution is 2.33. The number of imidazole rings is 2. The van der Waals surface area contributed by atoms with Gasteiger partial charge in [0.05, 0.1) is 42.8 Å². The van der Waals surface area contributed by atoms with Crippen molar-refractivity contribution in [2.45, 2.75) is 20.0 Å².